The van der Waals surface area contributed by atoms with Crippen molar-refractivity contribution in [3.8, 4) is 0 Å². The van der Waals surface area contributed by atoms with Crippen molar-refractivity contribution in [1.29, 1.82) is 0 Å². The van der Waals surface area contributed by atoms with Gasteiger partial charge in [-0.2, -0.15) is 0 Å². The Kier molecular flexibility index (Phi) is 7.00. The summed E-state index contributed by atoms with van der Waals surface area (Å²) in [7, 11) is 0. The minimum Gasteiger partial charge on any atom is -0.355 e. The van der Waals surface area contributed by atoms with Gasteiger partial charge in [0.1, 0.15) is 0 Å². The largest absolute Gasteiger partial charge is 0.355 e. The van der Waals surface area contributed by atoms with Gasteiger partial charge in [0.2, 0.25) is 17.7 Å². The van der Waals surface area contributed by atoms with Gasteiger partial charge in [0, 0.05) is 12.0 Å². The summed E-state index contributed by atoms with van der Waals surface area (Å²) in [5, 5.41) is 7.57. The van der Waals surface area contributed by atoms with E-state index in [-0.39, 0.29) is 30.8 Å². The number of hydrogen-bond donors (Lipinski definition) is 3. The van der Waals surface area contributed by atoms with Crippen LogP contribution in [-0.2, 0) is 14.4 Å². The second kappa shape index (κ2) is 7.68. The van der Waals surface area contributed by atoms with Crippen LogP contribution >= 0.6 is 0 Å². The molecule has 3 N–H and O–H groups in total. The molecule has 0 saturated heterocycles. The molecule has 104 valence electrons. The normalized spacial score (nSPS) is 10.7. The van der Waals surface area contributed by atoms with Crippen molar-refractivity contribution < 1.29 is 14.4 Å². The Morgan fingerprint density at radius 3 is 1.89 bits per heavy atom. The van der Waals surface area contributed by atoms with Crippen molar-refractivity contribution >= 4 is 17.7 Å². The van der Waals surface area contributed by atoms with Gasteiger partial charge in [0.15, 0.2) is 0 Å². The molecule has 0 aliphatic carbocycles. The average molecular weight is 257 g/mol. The maximum atomic E-state index is 11.5. The van der Waals surface area contributed by atoms with Crippen LogP contribution in [0.4, 0.5) is 0 Å². The first-order chi connectivity index (χ1) is 8.27. The second-order valence-electron chi connectivity index (χ2n) is 5.06. The molecule has 3 amide bonds. The summed E-state index contributed by atoms with van der Waals surface area (Å²) in [6.45, 7) is 7.65. The van der Waals surface area contributed by atoms with Crippen molar-refractivity contribution in [3.05, 3.63) is 0 Å². The molecule has 6 heteroatoms. The van der Waals surface area contributed by atoms with Crippen molar-refractivity contribution in [3.63, 3.8) is 0 Å². The van der Waals surface area contributed by atoms with E-state index in [9.17, 15) is 14.4 Å². The number of carbonyl (C=O) groups excluding carboxylic acids is 3. The van der Waals surface area contributed by atoms with Crippen LogP contribution in [0.3, 0.4) is 0 Å². The van der Waals surface area contributed by atoms with Crippen LogP contribution in [0.25, 0.3) is 0 Å². The molecule has 0 spiro atoms. The molecule has 0 aliphatic heterocycles. The molecule has 6 nitrogen and oxygen atoms in total. The highest BCUT2D eigenvalue weighted by atomic mass is 16.2. The van der Waals surface area contributed by atoms with Gasteiger partial charge in [-0.25, -0.2) is 0 Å². The Morgan fingerprint density at radius 1 is 0.889 bits per heavy atom. The fraction of sp³-hybridized carbons (Fsp3) is 0.750. The lowest BCUT2D eigenvalue weighted by Gasteiger charge is -2.17. The summed E-state index contributed by atoms with van der Waals surface area (Å²) in [6, 6.07) is 0. The molecule has 0 aromatic heterocycles. The van der Waals surface area contributed by atoms with E-state index in [1.807, 2.05) is 6.92 Å². The standard InChI is InChI=1S/C12H23N3O3/c1-5-6-13-9(16)7-14-10(17)8-15-11(18)12(2,3)4/h5-8H2,1-4H3,(H,13,16)(H,14,17)(H,15,18). The van der Waals surface area contributed by atoms with Crippen molar-refractivity contribution in [2.75, 3.05) is 19.6 Å². The van der Waals surface area contributed by atoms with E-state index < -0.39 is 5.41 Å². The zero-order valence-electron chi connectivity index (χ0n) is 11.6. The summed E-state index contributed by atoms with van der Waals surface area (Å²) in [5.41, 5.74) is -0.529. The molecule has 0 aliphatic rings. The number of rotatable bonds is 6. The van der Waals surface area contributed by atoms with Crippen LogP contribution < -0.4 is 16.0 Å². The smallest absolute Gasteiger partial charge is 0.239 e. The van der Waals surface area contributed by atoms with Gasteiger partial charge in [-0.15, -0.1) is 0 Å². The summed E-state index contributed by atoms with van der Waals surface area (Å²) >= 11 is 0. The Labute approximate surface area is 108 Å². The predicted octanol–water partition coefficient (Wildman–Crippen LogP) is -0.209. The molecule has 0 radical (unpaired) electrons. The third kappa shape index (κ3) is 7.65. The topological polar surface area (TPSA) is 87.3 Å². The average Bonchev–Trinajstić information content (AvgIpc) is 2.29. The first kappa shape index (κ1) is 16.4. The lowest BCUT2D eigenvalue weighted by atomic mass is 9.96. The van der Waals surface area contributed by atoms with Crippen LogP contribution in [0.1, 0.15) is 34.1 Å². The van der Waals surface area contributed by atoms with Crippen molar-refractivity contribution in [1.82, 2.24) is 16.0 Å². The summed E-state index contributed by atoms with van der Waals surface area (Å²) in [4.78, 5) is 34.0. The van der Waals surface area contributed by atoms with Gasteiger partial charge in [0.05, 0.1) is 13.1 Å². The highest BCUT2D eigenvalue weighted by Crippen LogP contribution is 2.11. The molecule has 0 rings (SSSR count). The fourth-order valence-electron chi connectivity index (χ4n) is 0.994. The lowest BCUT2D eigenvalue weighted by molar-refractivity contribution is -0.131. The monoisotopic (exact) mass is 257 g/mol. The number of nitrogens with one attached hydrogen (secondary N) is 3. The molecule has 0 bridgehead atoms. The molecular weight excluding hydrogens is 234 g/mol. The summed E-state index contributed by atoms with van der Waals surface area (Å²) < 4.78 is 0. The van der Waals surface area contributed by atoms with E-state index in [4.69, 9.17) is 0 Å². The van der Waals surface area contributed by atoms with Gasteiger partial charge in [-0.05, 0) is 6.42 Å². The molecule has 18 heavy (non-hydrogen) atoms. The van der Waals surface area contributed by atoms with Gasteiger partial charge >= 0.3 is 0 Å². The Balaban J connectivity index is 3.79. The Hall–Kier alpha value is -1.59. The number of amides is 3. The van der Waals surface area contributed by atoms with Gasteiger partial charge in [0.25, 0.3) is 0 Å². The van der Waals surface area contributed by atoms with Crippen molar-refractivity contribution in [2.24, 2.45) is 5.41 Å². The summed E-state index contributed by atoms with van der Waals surface area (Å²) in [6.07, 6.45) is 0.849. The van der Waals surface area contributed by atoms with E-state index in [1.165, 1.54) is 0 Å². The van der Waals surface area contributed by atoms with E-state index >= 15 is 0 Å². The first-order valence-corrected chi connectivity index (χ1v) is 6.09. The Morgan fingerprint density at radius 2 is 1.39 bits per heavy atom. The van der Waals surface area contributed by atoms with E-state index in [0.29, 0.717) is 6.54 Å². The summed E-state index contributed by atoms with van der Waals surface area (Å²) in [5.74, 6) is -0.806. The zero-order chi connectivity index (χ0) is 14.2. The van der Waals surface area contributed by atoms with E-state index in [2.05, 4.69) is 16.0 Å². The zero-order valence-corrected chi connectivity index (χ0v) is 11.6. The first-order valence-electron chi connectivity index (χ1n) is 6.09. The fourth-order valence-corrected chi connectivity index (χ4v) is 0.994. The lowest BCUT2D eigenvalue weighted by Crippen LogP contribution is -2.44. The van der Waals surface area contributed by atoms with Crippen LogP contribution in [-0.4, -0.2) is 37.4 Å². The SMILES string of the molecule is CCCNC(=O)CNC(=O)CNC(=O)C(C)(C)C. The van der Waals surface area contributed by atoms with Crippen LogP contribution in [0.2, 0.25) is 0 Å². The molecule has 0 fully saturated rings. The van der Waals surface area contributed by atoms with Gasteiger partial charge in [-0.3, -0.25) is 14.4 Å². The number of hydrogen-bond acceptors (Lipinski definition) is 3. The second-order valence-corrected chi connectivity index (χ2v) is 5.06. The molecule has 0 aromatic rings. The predicted molar refractivity (Wildman–Crippen MR) is 68.8 cm³/mol. The van der Waals surface area contributed by atoms with E-state index in [1.54, 1.807) is 20.8 Å². The van der Waals surface area contributed by atoms with Gasteiger partial charge < -0.3 is 16.0 Å². The molecule has 0 unspecified atom stereocenters. The third-order valence-corrected chi connectivity index (χ3v) is 2.11. The van der Waals surface area contributed by atoms with Crippen LogP contribution in [0.5, 0.6) is 0 Å². The van der Waals surface area contributed by atoms with Crippen LogP contribution in [0, 0.1) is 5.41 Å². The van der Waals surface area contributed by atoms with Gasteiger partial charge in [-0.1, -0.05) is 27.7 Å². The van der Waals surface area contributed by atoms with Crippen molar-refractivity contribution in [2.45, 2.75) is 34.1 Å². The molecule has 0 saturated carbocycles. The number of carbonyl (C=O) groups is 3. The Bertz CT molecular complexity index is 308. The minimum atomic E-state index is -0.529. The highest BCUT2D eigenvalue weighted by Gasteiger charge is 2.21. The van der Waals surface area contributed by atoms with Crippen LogP contribution in [0.15, 0.2) is 0 Å². The maximum absolute atomic E-state index is 11.5. The third-order valence-electron chi connectivity index (χ3n) is 2.11. The molecule has 0 atom stereocenters. The quantitative estimate of drug-likeness (QED) is 0.615. The van der Waals surface area contributed by atoms with E-state index in [0.717, 1.165) is 6.42 Å². The highest BCUT2D eigenvalue weighted by molar-refractivity contribution is 5.89. The maximum Gasteiger partial charge on any atom is 0.239 e. The molecular formula is C12H23N3O3. The minimum absolute atomic E-state index is 0.0653. The molecule has 0 heterocycles. The molecule has 0 aromatic carbocycles.